The van der Waals surface area contributed by atoms with Crippen LogP contribution in [0, 0.1) is 0 Å². The van der Waals surface area contributed by atoms with Crippen molar-refractivity contribution in [3.63, 3.8) is 0 Å². The Kier molecular flexibility index (Phi) is 5.23. The van der Waals surface area contributed by atoms with Gasteiger partial charge in [-0.15, -0.1) is 0 Å². The molecule has 0 amide bonds. The van der Waals surface area contributed by atoms with Crippen LogP contribution < -0.4 is 5.32 Å². The molecule has 2 rings (SSSR count). The fourth-order valence-corrected chi connectivity index (χ4v) is 2.57. The molecule has 106 valence electrons. The highest BCUT2D eigenvalue weighted by Gasteiger charge is 2.20. The standard InChI is InChI=1S/C16H26N2O/c1-13(2)6-9-18-10-7-15(8-11-18)17-14(3)16-5-4-12-19-16/h4-6,12,14-15,17H,7-11H2,1-3H3. The van der Waals surface area contributed by atoms with E-state index < -0.39 is 0 Å². The number of furan rings is 1. The molecule has 1 aliphatic heterocycles. The molecule has 1 fully saturated rings. The Labute approximate surface area is 116 Å². The summed E-state index contributed by atoms with van der Waals surface area (Å²) in [7, 11) is 0. The van der Waals surface area contributed by atoms with Gasteiger partial charge >= 0.3 is 0 Å². The molecule has 2 heterocycles. The number of likely N-dealkylation sites (tertiary alicyclic amines) is 1. The average molecular weight is 262 g/mol. The van der Waals surface area contributed by atoms with Crippen LogP contribution in [0.15, 0.2) is 34.5 Å². The van der Waals surface area contributed by atoms with Crippen LogP contribution in [0.5, 0.6) is 0 Å². The van der Waals surface area contributed by atoms with Crippen LogP contribution in [0.2, 0.25) is 0 Å². The minimum Gasteiger partial charge on any atom is -0.468 e. The van der Waals surface area contributed by atoms with Crippen molar-refractivity contribution in [3.8, 4) is 0 Å². The summed E-state index contributed by atoms with van der Waals surface area (Å²) >= 11 is 0. The van der Waals surface area contributed by atoms with Gasteiger partial charge in [-0.05, 0) is 58.8 Å². The molecular weight excluding hydrogens is 236 g/mol. The van der Waals surface area contributed by atoms with Crippen molar-refractivity contribution in [2.75, 3.05) is 19.6 Å². The quantitative estimate of drug-likeness (QED) is 0.825. The van der Waals surface area contributed by atoms with Crippen LogP contribution in [0.25, 0.3) is 0 Å². The third kappa shape index (κ3) is 4.51. The van der Waals surface area contributed by atoms with E-state index in [-0.39, 0.29) is 0 Å². The number of rotatable bonds is 5. The minimum atomic E-state index is 0.310. The summed E-state index contributed by atoms with van der Waals surface area (Å²) in [5.41, 5.74) is 1.41. The van der Waals surface area contributed by atoms with Gasteiger partial charge in [-0.2, -0.15) is 0 Å². The third-order valence-electron chi connectivity index (χ3n) is 3.80. The van der Waals surface area contributed by atoms with Gasteiger partial charge in [0.1, 0.15) is 5.76 Å². The lowest BCUT2D eigenvalue weighted by Crippen LogP contribution is -2.43. The van der Waals surface area contributed by atoms with Crippen molar-refractivity contribution < 1.29 is 4.42 Å². The van der Waals surface area contributed by atoms with Gasteiger partial charge < -0.3 is 9.73 Å². The van der Waals surface area contributed by atoms with E-state index in [1.807, 2.05) is 12.1 Å². The Morgan fingerprint density at radius 2 is 2.21 bits per heavy atom. The Balaban J connectivity index is 1.73. The molecular formula is C16H26N2O. The van der Waals surface area contributed by atoms with Gasteiger partial charge in [-0.25, -0.2) is 0 Å². The molecule has 1 aromatic rings. The minimum absolute atomic E-state index is 0.310. The zero-order valence-corrected chi connectivity index (χ0v) is 12.4. The van der Waals surface area contributed by atoms with E-state index in [4.69, 9.17) is 4.42 Å². The molecule has 0 aliphatic carbocycles. The van der Waals surface area contributed by atoms with Gasteiger partial charge in [0.2, 0.25) is 0 Å². The van der Waals surface area contributed by atoms with Crippen molar-refractivity contribution in [3.05, 3.63) is 35.8 Å². The monoisotopic (exact) mass is 262 g/mol. The predicted molar refractivity (Wildman–Crippen MR) is 79.2 cm³/mol. The second-order valence-electron chi connectivity index (χ2n) is 5.76. The summed E-state index contributed by atoms with van der Waals surface area (Å²) in [5.74, 6) is 1.03. The Morgan fingerprint density at radius 3 is 2.79 bits per heavy atom. The normalized spacial score (nSPS) is 19.3. The lowest BCUT2D eigenvalue weighted by atomic mass is 10.0. The van der Waals surface area contributed by atoms with Gasteiger partial charge in [-0.3, -0.25) is 4.90 Å². The van der Waals surface area contributed by atoms with Crippen LogP contribution >= 0.6 is 0 Å². The van der Waals surface area contributed by atoms with Gasteiger partial charge in [0.25, 0.3) is 0 Å². The van der Waals surface area contributed by atoms with E-state index in [2.05, 4.69) is 37.1 Å². The summed E-state index contributed by atoms with van der Waals surface area (Å²) in [6.07, 6.45) is 6.51. The first-order chi connectivity index (χ1) is 9.15. The number of allylic oxidation sites excluding steroid dienone is 1. The molecule has 0 radical (unpaired) electrons. The molecule has 0 aromatic carbocycles. The first-order valence-electron chi connectivity index (χ1n) is 7.30. The maximum absolute atomic E-state index is 5.44. The molecule has 1 N–H and O–H groups in total. The van der Waals surface area contributed by atoms with Crippen LogP contribution in [0.1, 0.15) is 45.4 Å². The van der Waals surface area contributed by atoms with Gasteiger partial charge in [-0.1, -0.05) is 11.6 Å². The number of hydrogen-bond donors (Lipinski definition) is 1. The summed E-state index contributed by atoms with van der Waals surface area (Å²) in [6.45, 7) is 9.98. The smallest absolute Gasteiger partial charge is 0.120 e. The molecule has 1 saturated heterocycles. The van der Waals surface area contributed by atoms with E-state index in [0.717, 1.165) is 12.3 Å². The number of piperidine rings is 1. The van der Waals surface area contributed by atoms with Crippen LogP contribution in [-0.2, 0) is 0 Å². The zero-order chi connectivity index (χ0) is 13.7. The number of nitrogens with one attached hydrogen (secondary N) is 1. The Hall–Kier alpha value is -1.06. The lowest BCUT2D eigenvalue weighted by molar-refractivity contribution is 0.205. The fraction of sp³-hybridized carbons (Fsp3) is 0.625. The van der Waals surface area contributed by atoms with Gasteiger partial charge in [0.15, 0.2) is 0 Å². The van der Waals surface area contributed by atoms with Crippen LogP contribution in [-0.4, -0.2) is 30.6 Å². The summed E-state index contributed by atoms with van der Waals surface area (Å²) in [6, 6.07) is 4.92. The second-order valence-corrected chi connectivity index (χ2v) is 5.76. The number of nitrogens with zero attached hydrogens (tertiary/aromatic N) is 1. The zero-order valence-electron chi connectivity index (χ0n) is 12.4. The highest BCUT2D eigenvalue weighted by molar-refractivity contribution is 5.03. The molecule has 1 atom stereocenters. The molecule has 1 aromatic heterocycles. The van der Waals surface area contributed by atoms with Gasteiger partial charge in [0, 0.05) is 12.6 Å². The third-order valence-corrected chi connectivity index (χ3v) is 3.80. The molecule has 1 unspecified atom stereocenters. The van der Waals surface area contributed by atoms with Crippen molar-refractivity contribution in [2.45, 2.75) is 45.7 Å². The van der Waals surface area contributed by atoms with Crippen molar-refractivity contribution in [2.24, 2.45) is 0 Å². The van der Waals surface area contributed by atoms with Crippen molar-refractivity contribution in [1.29, 1.82) is 0 Å². The Bertz CT molecular complexity index is 385. The lowest BCUT2D eigenvalue weighted by Gasteiger charge is -2.33. The maximum Gasteiger partial charge on any atom is 0.120 e. The molecule has 0 saturated carbocycles. The largest absolute Gasteiger partial charge is 0.468 e. The van der Waals surface area contributed by atoms with Crippen molar-refractivity contribution in [1.82, 2.24) is 10.2 Å². The highest BCUT2D eigenvalue weighted by Crippen LogP contribution is 2.17. The second kappa shape index (κ2) is 6.92. The van der Waals surface area contributed by atoms with Crippen LogP contribution in [0.4, 0.5) is 0 Å². The summed E-state index contributed by atoms with van der Waals surface area (Å²) in [5, 5.41) is 3.67. The molecule has 0 bridgehead atoms. The first-order valence-corrected chi connectivity index (χ1v) is 7.30. The maximum atomic E-state index is 5.44. The topological polar surface area (TPSA) is 28.4 Å². The predicted octanol–water partition coefficient (Wildman–Crippen LogP) is 3.36. The average Bonchev–Trinajstić information content (AvgIpc) is 2.92. The summed E-state index contributed by atoms with van der Waals surface area (Å²) < 4.78 is 5.44. The first kappa shape index (κ1) is 14.4. The van der Waals surface area contributed by atoms with E-state index >= 15 is 0 Å². The van der Waals surface area contributed by atoms with Gasteiger partial charge in [0.05, 0.1) is 12.3 Å². The highest BCUT2D eigenvalue weighted by atomic mass is 16.3. The molecule has 3 heteroatoms. The number of hydrogen-bond acceptors (Lipinski definition) is 3. The van der Waals surface area contributed by atoms with E-state index in [1.165, 1.54) is 31.5 Å². The van der Waals surface area contributed by atoms with E-state index in [9.17, 15) is 0 Å². The van der Waals surface area contributed by atoms with E-state index in [1.54, 1.807) is 6.26 Å². The van der Waals surface area contributed by atoms with Crippen molar-refractivity contribution >= 4 is 0 Å². The van der Waals surface area contributed by atoms with Crippen LogP contribution in [0.3, 0.4) is 0 Å². The SMILES string of the molecule is CC(C)=CCN1CCC(NC(C)c2ccco2)CC1. The van der Waals surface area contributed by atoms with E-state index in [0.29, 0.717) is 12.1 Å². The molecule has 3 nitrogen and oxygen atoms in total. The fourth-order valence-electron chi connectivity index (χ4n) is 2.57. The molecule has 0 spiro atoms. The molecule has 1 aliphatic rings. The Morgan fingerprint density at radius 1 is 1.47 bits per heavy atom. The summed E-state index contributed by atoms with van der Waals surface area (Å²) in [4.78, 5) is 2.53. The molecule has 19 heavy (non-hydrogen) atoms.